The first-order valence-electron chi connectivity index (χ1n) is 5.67. The summed E-state index contributed by atoms with van der Waals surface area (Å²) in [4.78, 5) is 0. The third-order valence-corrected chi connectivity index (χ3v) is 2.75. The van der Waals surface area contributed by atoms with Crippen molar-refractivity contribution in [3.8, 4) is 5.75 Å². The minimum atomic E-state index is -0.255. The SMILES string of the molecule is CCCC(CCO)c1cc(F)ccc1OC. The maximum Gasteiger partial charge on any atom is 0.123 e. The van der Waals surface area contributed by atoms with E-state index in [1.807, 2.05) is 0 Å². The Labute approximate surface area is 96.1 Å². The summed E-state index contributed by atoms with van der Waals surface area (Å²) in [5, 5.41) is 9.02. The number of hydrogen-bond donors (Lipinski definition) is 1. The molecule has 1 aromatic carbocycles. The van der Waals surface area contributed by atoms with E-state index in [0.717, 1.165) is 18.4 Å². The van der Waals surface area contributed by atoms with Crippen LogP contribution in [0.2, 0.25) is 0 Å². The van der Waals surface area contributed by atoms with Gasteiger partial charge >= 0.3 is 0 Å². The normalized spacial score (nSPS) is 12.5. The molecule has 1 atom stereocenters. The van der Waals surface area contributed by atoms with Crippen molar-refractivity contribution in [3.05, 3.63) is 29.6 Å². The molecule has 0 heterocycles. The number of ether oxygens (including phenoxy) is 1. The number of aliphatic hydroxyl groups is 1. The lowest BCUT2D eigenvalue weighted by Crippen LogP contribution is -2.04. The first-order valence-corrected chi connectivity index (χ1v) is 5.67. The molecule has 0 bridgehead atoms. The summed E-state index contributed by atoms with van der Waals surface area (Å²) in [6.45, 7) is 2.19. The Kier molecular flexibility index (Phi) is 5.26. The summed E-state index contributed by atoms with van der Waals surface area (Å²) >= 11 is 0. The molecule has 16 heavy (non-hydrogen) atoms. The van der Waals surface area contributed by atoms with Crippen LogP contribution in [-0.4, -0.2) is 18.8 Å². The molecule has 0 aliphatic carbocycles. The zero-order valence-corrected chi connectivity index (χ0v) is 9.87. The number of benzene rings is 1. The van der Waals surface area contributed by atoms with E-state index in [2.05, 4.69) is 6.92 Å². The third kappa shape index (κ3) is 3.20. The Morgan fingerprint density at radius 3 is 2.69 bits per heavy atom. The van der Waals surface area contributed by atoms with Crippen LogP contribution in [0.15, 0.2) is 18.2 Å². The summed E-state index contributed by atoms with van der Waals surface area (Å²) < 4.78 is 18.4. The van der Waals surface area contributed by atoms with Crippen LogP contribution >= 0.6 is 0 Å². The van der Waals surface area contributed by atoms with Crippen LogP contribution in [-0.2, 0) is 0 Å². The van der Waals surface area contributed by atoms with E-state index in [1.165, 1.54) is 12.1 Å². The molecular formula is C13H19FO2. The predicted molar refractivity (Wildman–Crippen MR) is 62.3 cm³/mol. The highest BCUT2D eigenvalue weighted by Crippen LogP contribution is 2.32. The van der Waals surface area contributed by atoms with Gasteiger partial charge in [0.05, 0.1) is 7.11 Å². The Morgan fingerprint density at radius 2 is 2.12 bits per heavy atom. The fourth-order valence-corrected chi connectivity index (χ4v) is 1.98. The fourth-order valence-electron chi connectivity index (χ4n) is 1.98. The molecule has 0 saturated heterocycles. The maximum absolute atomic E-state index is 13.2. The Morgan fingerprint density at radius 1 is 1.38 bits per heavy atom. The minimum Gasteiger partial charge on any atom is -0.496 e. The summed E-state index contributed by atoms with van der Waals surface area (Å²) in [6, 6.07) is 4.55. The molecule has 3 heteroatoms. The van der Waals surface area contributed by atoms with Crippen molar-refractivity contribution in [2.75, 3.05) is 13.7 Å². The van der Waals surface area contributed by atoms with Crippen molar-refractivity contribution in [2.45, 2.75) is 32.1 Å². The highest BCUT2D eigenvalue weighted by atomic mass is 19.1. The molecule has 90 valence electrons. The molecule has 1 aromatic rings. The standard InChI is InChI=1S/C13H19FO2/c1-3-4-10(7-8-15)12-9-11(14)5-6-13(12)16-2/h5-6,9-10,15H,3-4,7-8H2,1-2H3. The van der Waals surface area contributed by atoms with Gasteiger partial charge in [0.2, 0.25) is 0 Å². The van der Waals surface area contributed by atoms with Gasteiger partial charge < -0.3 is 9.84 Å². The molecule has 0 aliphatic heterocycles. The number of aliphatic hydroxyl groups excluding tert-OH is 1. The van der Waals surface area contributed by atoms with Gasteiger partial charge in [-0.2, -0.15) is 0 Å². The number of halogens is 1. The molecule has 1 rings (SSSR count). The quantitative estimate of drug-likeness (QED) is 0.807. The molecule has 1 N–H and O–H groups in total. The van der Waals surface area contributed by atoms with Crippen molar-refractivity contribution in [2.24, 2.45) is 0 Å². The summed E-state index contributed by atoms with van der Waals surface area (Å²) in [5.41, 5.74) is 0.860. The average Bonchev–Trinajstić information content (AvgIpc) is 2.29. The topological polar surface area (TPSA) is 29.5 Å². The lowest BCUT2D eigenvalue weighted by Gasteiger charge is -2.18. The largest absolute Gasteiger partial charge is 0.496 e. The van der Waals surface area contributed by atoms with Crippen LogP contribution in [0, 0.1) is 5.82 Å². The Hall–Kier alpha value is -1.09. The zero-order chi connectivity index (χ0) is 12.0. The van der Waals surface area contributed by atoms with Gasteiger partial charge in [-0.25, -0.2) is 4.39 Å². The number of methoxy groups -OCH3 is 1. The van der Waals surface area contributed by atoms with E-state index in [9.17, 15) is 4.39 Å². The van der Waals surface area contributed by atoms with Crippen molar-refractivity contribution in [3.63, 3.8) is 0 Å². The van der Waals surface area contributed by atoms with Gasteiger partial charge in [-0.05, 0) is 37.0 Å². The Bertz CT molecular complexity index is 320. The molecule has 0 amide bonds. The van der Waals surface area contributed by atoms with Crippen LogP contribution in [0.1, 0.15) is 37.7 Å². The molecule has 0 aromatic heterocycles. The Balaban J connectivity index is 3.00. The smallest absolute Gasteiger partial charge is 0.123 e. The fraction of sp³-hybridized carbons (Fsp3) is 0.538. The van der Waals surface area contributed by atoms with Crippen molar-refractivity contribution in [1.29, 1.82) is 0 Å². The summed E-state index contributed by atoms with van der Waals surface area (Å²) in [7, 11) is 1.58. The zero-order valence-electron chi connectivity index (χ0n) is 9.87. The number of hydrogen-bond acceptors (Lipinski definition) is 2. The lowest BCUT2D eigenvalue weighted by molar-refractivity contribution is 0.270. The highest BCUT2D eigenvalue weighted by Gasteiger charge is 2.15. The van der Waals surface area contributed by atoms with Gasteiger partial charge in [-0.3, -0.25) is 0 Å². The van der Waals surface area contributed by atoms with Gasteiger partial charge in [0.1, 0.15) is 11.6 Å². The van der Waals surface area contributed by atoms with Gasteiger partial charge in [0.25, 0.3) is 0 Å². The molecule has 0 saturated carbocycles. The molecule has 2 nitrogen and oxygen atoms in total. The second-order valence-electron chi connectivity index (χ2n) is 3.88. The van der Waals surface area contributed by atoms with E-state index < -0.39 is 0 Å². The van der Waals surface area contributed by atoms with E-state index in [1.54, 1.807) is 13.2 Å². The second kappa shape index (κ2) is 6.48. The summed E-state index contributed by atoms with van der Waals surface area (Å²) in [5.74, 6) is 0.615. The monoisotopic (exact) mass is 226 g/mol. The maximum atomic E-state index is 13.2. The van der Waals surface area contributed by atoms with Gasteiger partial charge in [-0.15, -0.1) is 0 Å². The number of rotatable bonds is 6. The van der Waals surface area contributed by atoms with Gasteiger partial charge in [0, 0.05) is 12.2 Å². The first kappa shape index (κ1) is 13.0. The van der Waals surface area contributed by atoms with E-state index >= 15 is 0 Å². The average molecular weight is 226 g/mol. The molecule has 0 spiro atoms. The van der Waals surface area contributed by atoms with Crippen LogP contribution in [0.4, 0.5) is 4.39 Å². The van der Waals surface area contributed by atoms with Crippen LogP contribution < -0.4 is 4.74 Å². The van der Waals surface area contributed by atoms with Gasteiger partial charge in [-0.1, -0.05) is 13.3 Å². The van der Waals surface area contributed by atoms with Crippen LogP contribution in [0.5, 0.6) is 5.75 Å². The molecule has 1 unspecified atom stereocenters. The van der Waals surface area contributed by atoms with Crippen LogP contribution in [0.25, 0.3) is 0 Å². The van der Waals surface area contributed by atoms with Crippen molar-refractivity contribution < 1.29 is 14.2 Å². The van der Waals surface area contributed by atoms with Crippen molar-refractivity contribution in [1.82, 2.24) is 0 Å². The predicted octanol–water partition coefficient (Wildman–Crippen LogP) is 3.10. The second-order valence-corrected chi connectivity index (χ2v) is 3.88. The van der Waals surface area contributed by atoms with Crippen molar-refractivity contribution >= 4 is 0 Å². The minimum absolute atomic E-state index is 0.115. The third-order valence-electron chi connectivity index (χ3n) is 2.75. The first-order chi connectivity index (χ1) is 7.72. The van der Waals surface area contributed by atoms with Crippen LogP contribution in [0.3, 0.4) is 0 Å². The lowest BCUT2D eigenvalue weighted by atomic mass is 9.91. The van der Waals surface area contributed by atoms with E-state index in [-0.39, 0.29) is 18.3 Å². The molecule has 0 fully saturated rings. The molecule has 0 aliphatic rings. The van der Waals surface area contributed by atoms with E-state index in [0.29, 0.717) is 12.2 Å². The van der Waals surface area contributed by atoms with E-state index in [4.69, 9.17) is 9.84 Å². The highest BCUT2D eigenvalue weighted by molar-refractivity contribution is 5.36. The summed E-state index contributed by atoms with van der Waals surface area (Å²) in [6.07, 6.45) is 2.58. The molecular weight excluding hydrogens is 207 g/mol. The molecule has 0 radical (unpaired) electrons. The van der Waals surface area contributed by atoms with Gasteiger partial charge in [0.15, 0.2) is 0 Å².